The zero-order chi connectivity index (χ0) is 18.5. The lowest BCUT2D eigenvalue weighted by Gasteiger charge is -2.19. The highest BCUT2D eigenvalue weighted by atomic mass is 127. The summed E-state index contributed by atoms with van der Waals surface area (Å²) in [5.74, 6) is 0.326. The van der Waals surface area contributed by atoms with Crippen LogP contribution in [0.25, 0.3) is 0 Å². The molecule has 0 radical (unpaired) electrons. The van der Waals surface area contributed by atoms with Gasteiger partial charge in [0, 0.05) is 16.7 Å². The number of nitrogens with one attached hydrogen (secondary N) is 1. The summed E-state index contributed by atoms with van der Waals surface area (Å²) in [4.78, 5) is 26.9. The van der Waals surface area contributed by atoms with Gasteiger partial charge in [0.1, 0.15) is 5.75 Å². The number of benzene rings is 2. The van der Waals surface area contributed by atoms with E-state index in [1.807, 2.05) is 48.2 Å². The molecule has 0 spiro atoms. The zero-order valence-corrected chi connectivity index (χ0v) is 16.8. The van der Waals surface area contributed by atoms with Gasteiger partial charge in [-0.2, -0.15) is 0 Å². The summed E-state index contributed by atoms with van der Waals surface area (Å²) in [5.41, 5.74) is 1.97. The number of halogens is 1. The van der Waals surface area contributed by atoms with E-state index in [0.717, 1.165) is 35.1 Å². The van der Waals surface area contributed by atoms with Crippen molar-refractivity contribution in [3.63, 3.8) is 0 Å². The largest absolute Gasteiger partial charge is 0.484 e. The van der Waals surface area contributed by atoms with E-state index in [4.69, 9.17) is 4.74 Å². The molecule has 0 bridgehead atoms. The van der Waals surface area contributed by atoms with Gasteiger partial charge in [0.15, 0.2) is 6.61 Å². The molecule has 2 aromatic carbocycles. The summed E-state index contributed by atoms with van der Waals surface area (Å²) in [5, 5.41) is 2.85. The molecule has 3 rings (SSSR count). The lowest BCUT2D eigenvalue weighted by atomic mass is 10.1. The Morgan fingerprint density at radius 3 is 2.50 bits per heavy atom. The van der Waals surface area contributed by atoms with Crippen LogP contribution in [0.15, 0.2) is 42.5 Å². The van der Waals surface area contributed by atoms with Crippen molar-refractivity contribution in [3.8, 4) is 5.75 Å². The number of ether oxygens (including phenoxy) is 1. The van der Waals surface area contributed by atoms with Gasteiger partial charge in [0.05, 0.1) is 11.3 Å². The highest BCUT2D eigenvalue weighted by molar-refractivity contribution is 14.1. The molecule has 2 amide bonds. The number of amides is 2. The Morgan fingerprint density at radius 2 is 1.81 bits per heavy atom. The molecule has 1 heterocycles. The van der Waals surface area contributed by atoms with Gasteiger partial charge in [-0.1, -0.05) is 12.1 Å². The second-order valence-electron chi connectivity index (χ2n) is 6.29. The number of rotatable bonds is 5. The minimum Gasteiger partial charge on any atom is -0.484 e. The predicted molar refractivity (Wildman–Crippen MR) is 110 cm³/mol. The van der Waals surface area contributed by atoms with Gasteiger partial charge in [-0.25, -0.2) is 0 Å². The van der Waals surface area contributed by atoms with Crippen molar-refractivity contribution in [2.24, 2.45) is 0 Å². The van der Waals surface area contributed by atoms with Crippen molar-refractivity contribution < 1.29 is 14.3 Å². The van der Waals surface area contributed by atoms with Crippen molar-refractivity contribution in [2.45, 2.75) is 19.8 Å². The third-order valence-electron chi connectivity index (χ3n) is 4.34. The fraction of sp³-hybridized carbons (Fsp3) is 0.300. The summed E-state index contributed by atoms with van der Waals surface area (Å²) in [6.07, 6.45) is 2.06. The quantitative estimate of drug-likeness (QED) is 0.685. The second kappa shape index (κ2) is 8.53. The molecule has 26 heavy (non-hydrogen) atoms. The molecule has 0 unspecified atom stereocenters. The first-order valence-corrected chi connectivity index (χ1v) is 9.69. The van der Waals surface area contributed by atoms with Crippen LogP contribution < -0.4 is 10.1 Å². The monoisotopic (exact) mass is 464 g/mol. The summed E-state index contributed by atoms with van der Waals surface area (Å²) in [7, 11) is 0. The topological polar surface area (TPSA) is 58.6 Å². The van der Waals surface area contributed by atoms with Gasteiger partial charge in [0.2, 0.25) is 0 Å². The van der Waals surface area contributed by atoms with Crippen LogP contribution in [-0.2, 0) is 4.79 Å². The molecule has 1 fully saturated rings. The highest BCUT2D eigenvalue weighted by Crippen LogP contribution is 2.24. The molecule has 1 N–H and O–H groups in total. The Balaban J connectivity index is 1.69. The fourth-order valence-corrected chi connectivity index (χ4v) is 3.32. The smallest absolute Gasteiger partial charge is 0.262 e. The van der Waals surface area contributed by atoms with E-state index in [2.05, 4.69) is 27.9 Å². The van der Waals surface area contributed by atoms with Crippen LogP contribution in [-0.4, -0.2) is 36.4 Å². The second-order valence-corrected chi connectivity index (χ2v) is 7.53. The average molecular weight is 464 g/mol. The molecule has 1 saturated heterocycles. The van der Waals surface area contributed by atoms with Gasteiger partial charge in [-0.15, -0.1) is 0 Å². The fourth-order valence-electron chi connectivity index (χ4n) is 2.96. The Kier molecular flexibility index (Phi) is 6.13. The number of hydrogen-bond acceptors (Lipinski definition) is 3. The zero-order valence-electron chi connectivity index (χ0n) is 14.6. The average Bonchev–Trinajstić information content (AvgIpc) is 3.17. The van der Waals surface area contributed by atoms with E-state index < -0.39 is 0 Å². The van der Waals surface area contributed by atoms with E-state index in [1.165, 1.54) is 0 Å². The van der Waals surface area contributed by atoms with Crippen LogP contribution in [0.4, 0.5) is 5.69 Å². The van der Waals surface area contributed by atoms with Gasteiger partial charge in [-0.3, -0.25) is 9.59 Å². The number of para-hydroxylation sites is 1. The predicted octanol–water partition coefficient (Wildman–Crippen LogP) is 3.85. The van der Waals surface area contributed by atoms with Gasteiger partial charge in [-0.05, 0) is 78.3 Å². The Bertz CT molecular complexity index is 799. The molecule has 1 aliphatic rings. The lowest BCUT2D eigenvalue weighted by Crippen LogP contribution is -2.29. The number of nitrogens with zero attached hydrogens (tertiary/aromatic N) is 1. The normalized spacial score (nSPS) is 13.5. The lowest BCUT2D eigenvalue weighted by molar-refractivity contribution is -0.118. The molecular formula is C20H21IN2O3. The number of anilines is 1. The van der Waals surface area contributed by atoms with Gasteiger partial charge >= 0.3 is 0 Å². The van der Waals surface area contributed by atoms with E-state index in [9.17, 15) is 9.59 Å². The summed E-state index contributed by atoms with van der Waals surface area (Å²) >= 11 is 2.21. The van der Waals surface area contributed by atoms with E-state index in [-0.39, 0.29) is 18.4 Å². The Hall–Kier alpha value is -2.09. The highest BCUT2D eigenvalue weighted by Gasteiger charge is 2.23. The van der Waals surface area contributed by atoms with Crippen molar-refractivity contribution in [1.82, 2.24) is 4.90 Å². The van der Waals surface area contributed by atoms with Crippen LogP contribution in [0.2, 0.25) is 0 Å². The van der Waals surface area contributed by atoms with Crippen molar-refractivity contribution in [2.75, 3.05) is 25.0 Å². The first-order valence-electron chi connectivity index (χ1n) is 8.62. The van der Waals surface area contributed by atoms with Gasteiger partial charge in [0.25, 0.3) is 11.8 Å². The summed E-state index contributed by atoms with van der Waals surface area (Å²) in [6, 6.07) is 13.0. The molecule has 5 nitrogen and oxygen atoms in total. The molecule has 1 aliphatic heterocycles. The minimum absolute atomic E-state index is 0.0277. The molecule has 0 atom stereocenters. The maximum Gasteiger partial charge on any atom is 0.262 e. The third kappa shape index (κ3) is 4.55. The van der Waals surface area contributed by atoms with E-state index in [1.54, 1.807) is 6.07 Å². The first kappa shape index (κ1) is 18.7. The number of aryl methyl sites for hydroxylation is 1. The van der Waals surface area contributed by atoms with Gasteiger partial charge < -0.3 is 15.0 Å². The molecule has 0 saturated carbocycles. The molecule has 0 aromatic heterocycles. The number of carbonyl (C=O) groups excluding carboxylic acids is 2. The Labute approximate surface area is 166 Å². The van der Waals surface area contributed by atoms with Crippen LogP contribution in [0, 0.1) is 10.5 Å². The number of carbonyl (C=O) groups is 2. The third-order valence-corrected chi connectivity index (χ3v) is 5.06. The summed E-state index contributed by atoms with van der Waals surface area (Å²) in [6.45, 7) is 3.33. The molecule has 6 heteroatoms. The van der Waals surface area contributed by atoms with Crippen molar-refractivity contribution in [1.29, 1.82) is 0 Å². The number of likely N-dealkylation sites (tertiary alicyclic amines) is 1. The standard InChI is InChI=1S/C20H21IN2O3/c1-14-5-4-6-17(20(25)23-11-2-3-12-23)19(14)22-18(24)13-26-16-9-7-15(21)8-10-16/h4-10H,2-3,11-13H2,1H3,(H,22,24). The van der Waals surface area contributed by atoms with E-state index >= 15 is 0 Å². The van der Waals surface area contributed by atoms with Crippen molar-refractivity contribution >= 4 is 40.1 Å². The SMILES string of the molecule is Cc1cccc(C(=O)N2CCCC2)c1NC(=O)COc1ccc(I)cc1. The van der Waals surface area contributed by atoms with Crippen LogP contribution in [0.1, 0.15) is 28.8 Å². The maximum absolute atomic E-state index is 12.8. The maximum atomic E-state index is 12.8. The van der Waals surface area contributed by atoms with Crippen molar-refractivity contribution in [3.05, 3.63) is 57.2 Å². The van der Waals surface area contributed by atoms with Crippen LogP contribution in [0.5, 0.6) is 5.75 Å². The molecule has 2 aromatic rings. The van der Waals surface area contributed by atoms with Crippen LogP contribution >= 0.6 is 22.6 Å². The minimum atomic E-state index is -0.284. The molecule has 0 aliphatic carbocycles. The number of hydrogen-bond donors (Lipinski definition) is 1. The van der Waals surface area contributed by atoms with E-state index in [0.29, 0.717) is 17.0 Å². The Morgan fingerprint density at radius 1 is 1.12 bits per heavy atom. The first-order chi connectivity index (χ1) is 12.5. The summed E-state index contributed by atoms with van der Waals surface area (Å²) < 4.78 is 6.63. The molecular weight excluding hydrogens is 443 g/mol. The molecule has 136 valence electrons. The van der Waals surface area contributed by atoms with Crippen LogP contribution in [0.3, 0.4) is 0 Å².